The molecule has 0 spiro atoms. The van der Waals surface area contributed by atoms with Crippen LogP contribution in [0.3, 0.4) is 0 Å². The van der Waals surface area contributed by atoms with E-state index < -0.39 is 0 Å². The lowest BCUT2D eigenvalue weighted by Gasteiger charge is -2.12. The van der Waals surface area contributed by atoms with Gasteiger partial charge in [-0.1, -0.05) is 38.0 Å². The summed E-state index contributed by atoms with van der Waals surface area (Å²) < 4.78 is 0. The molecule has 2 rings (SSSR count). The van der Waals surface area contributed by atoms with Crippen LogP contribution < -0.4 is 10.8 Å². The Balaban J connectivity index is 1.77. The third-order valence-electron chi connectivity index (χ3n) is 3.97. The van der Waals surface area contributed by atoms with E-state index in [9.17, 15) is 9.59 Å². The van der Waals surface area contributed by atoms with Crippen LogP contribution in [-0.2, 0) is 9.59 Å². The smallest absolute Gasteiger partial charge is 0.243 e. The summed E-state index contributed by atoms with van der Waals surface area (Å²) in [4.78, 5) is 27.4. The van der Waals surface area contributed by atoms with Crippen molar-refractivity contribution in [2.75, 3.05) is 5.32 Å². The Morgan fingerprint density at radius 2 is 2.00 bits per heavy atom. The average Bonchev–Trinajstić information content (AvgIpc) is 2.60. The number of aromatic nitrogens is 1. The normalized spacial score (nSPS) is 11.9. The molecule has 6 nitrogen and oxygen atoms in total. The van der Waals surface area contributed by atoms with Crippen molar-refractivity contribution in [2.45, 2.75) is 39.0 Å². The van der Waals surface area contributed by atoms with Crippen LogP contribution >= 0.6 is 0 Å². The molecule has 6 heteroatoms. The molecule has 0 aliphatic carbocycles. The highest BCUT2D eigenvalue weighted by Crippen LogP contribution is 2.18. The van der Waals surface area contributed by atoms with Gasteiger partial charge >= 0.3 is 0 Å². The molecule has 0 saturated carbocycles. The van der Waals surface area contributed by atoms with Crippen molar-refractivity contribution in [3.8, 4) is 0 Å². The Morgan fingerprint density at radius 1 is 1.21 bits per heavy atom. The predicted octanol–water partition coefficient (Wildman–Crippen LogP) is 3.27. The summed E-state index contributed by atoms with van der Waals surface area (Å²) >= 11 is 0. The van der Waals surface area contributed by atoms with E-state index in [4.69, 9.17) is 5.21 Å². The fourth-order valence-electron chi connectivity index (χ4n) is 2.50. The number of unbranched alkanes of at least 4 members (excludes halogenated alkanes) is 2. The van der Waals surface area contributed by atoms with Gasteiger partial charge in [0.05, 0.1) is 17.4 Å². The van der Waals surface area contributed by atoms with Crippen LogP contribution in [0.2, 0.25) is 0 Å². The average molecular weight is 329 g/mol. The molecular weight excluding hydrogens is 306 g/mol. The minimum atomic E-state index is -0.371. The van der Waals surface area contributed by atoms with Crippen molar-refractivity contribution in [3.63, 3.8) is 0 Å². The summed E-state index contributed by atoms with van der Waals surface area (Å²) in [5, 5.41) is 12.3. The second kappa shape index (κ2) is 8.98. The summed E-state index contributed by atoms with van der Waals surface area (Å²) in [6.45, 7) is 1.89. The van der Waals surface area contributed by atoms with Gasteiger partial charge < -0.3 is 5.32 Å². The zero-order chi connectivity index (χ0) is 17.4. The molecule has 128 valence electrons. The number of para-hydroxylation sites is 1. The maximum absolute atomic E-state index is 12.2. The van der Waals surface area contributed by atoms with Gasteiger partial charge in [0.15, 0.2) is 0 Å². The van der Waals surface area contributed by atoms with Crippen LogP contribution in [0.5, 0.6) is 0 Å². The van der Waals surface area contributed by atoms with Crippen LogP contribution in [0.1, 0.15) is 39.0 Å². The zero-order valence-electron chi connectivity index (χ0n) is 13.8. The molecule has 0 aliphatic heterocycles. The molecule has 2 aromatic rings. The number of anilines is 1. The monoisotopic (exact) mass is 329 g/mol. The number of pyridine rings is 1. The van der Waals surface area contributed by atoms with Crippen LogP contribution in [0, 0.1) is 5.92 Å². The third kappa shape index (κ3) is 5.31. The number of hydrogen-bond donors (Lipinski definition) is 3. The summed E-state index contributed by atoms with van der Waals surface area (Å²) in [5.41, 5.74) is 3.21. The molecular formula is C18H23N3O3. The van der Waals surface area contributed by atoms with Crippen molar-refractivity contribution in [3.05, 3.63) is 36.5 Å². The molecule has 1 aromatic carbocycles. The molecule has 0 saturated heterocycles. The van der Waals surface area contributed by atoms with Gasteiger partial charge in [-0.25, -0.2) is 5.48 Å². The van der Waals surface area contributed by atoms with E-state index in [1.807, 2.05) is 37.3 Å². The van der Waals surface area contributed by atoms with E-state index in [0.29, 0.717) is 18.5 Å². The highest BCUT2D eigenvalue weighted by Gasteiger charge is 2.13. The standard InChI is InChI=1S/C18H23N3O3/c1-13(7-3-2-4-10-17(22)21-24)18(23)20-15-11-14-8-5-6-9-16(14)19-12-15/h5-6,8-9,11-13,24H,2-4,7,10H2,1H3,(H,20,23)(H,21,22). The Labute approximate surface area is 141 Å². The number of carbonyl (C=O) groups excluding carboxylic acids is 2. The van der Waals surface area contributed by atoms with Crippen molar-refractivity contribution in [1.29, 1.82) is 0 Å². The summed E-state index contributed by atoms with van der Waals surface area (Å²) in [6, 6.07) is 9.68. The molecule has 0 fully saturated rings. The van der Waals surface area contributed by atoms with Gasteiger partial charge in [-0.15, -0.1) is 0 Å². The van der Waals surface area contributed by atoms with E-state index in [-0.39, 0.29) is 17.7 Å². The van der Waals surface area contributed by atoms with Crippen molar-refractivity contribution >= 4 is 28.4 Å². The number of nitrogens with one attached hydrogen (secondary N) is 2. The zero-order valence-corrected chi connectivity index (χ0v) is 13.8. The second-order valence-corrected chi connectivity index (χ2v) is 5.94. The Morgan fingerprint density at radius 3 is 2.79 bits per heavy atom. The fourth-order valence-corrected chi connectivity index (χ4v) is 2.50. The van der Waals surface area contributed by atoms with Crippen LogP contribution in [0.25, 0.3) is 10.9 Å². The molecule has 3 N–H and O–H groups in total. The number of amides is 2. The largest absolute Gasteiger partial charge is 0.324 e. The Bertz CT molecular complexity index is 703. The fraction of sp³-hybridized carbons (Fsp3) is 0.389. The first kappa shape index (κ1) is 17.9. The Hall–Kier alpha value is -2.47. The Kier molecular flexibility index (Phi) is 6.69. The summed E-state index contributed by atoms with van der Waals surface area (Å²) in [6.07, 6.45) is 5.15. The van der Waals surface area contributed by atoms with E-state index in [1.165, 1.54) is 0 Å². The number of hydroxylamine groups is 1. The molecule has 0 aliphatic rings. The quantitative estimate of drug-likeness (QED) is 0.394. The van der Waals surface area contributed by atoms with Gasteiger partial charge in [-0.2, -0.15) is 0 Å². The molecule has 1 atom stereocenters. The van der Waals surface area contributed by atoms with E-state index >= 15 is 0 Å². The molecule has 0 radical (unpaired) electrons. The topological polar surface area (TPSA) is 91.3 Å². The molecule has 0 bridgehead atoms. The van der Waals surface area contributed by atoms with Gasteiger partial charge in [0.2, 0.25) is 11.8 Å². The van der Waals surface area contributed by atoms with E-state index in [2.05, 4.69) is 10.3 Å². The second-order valence-electron chi connectivity index (χ2n) is 5.94. The lowest BCUT2D eigenvalue weighted by Crippen LogP contribution is -2.20. The molecule has 1 aromatic heterocycles. The highest BCUT2D eigenvalue weighted by molar-refractivity contribution is 5.94. The molecule has 1 heterocycles. The van der Waals surface area contributed by atoms with Crippen LogP contribution in [0.15, 0.2) is 36.5 Å². The van der Waals surface area contributed by atoms with Crippen molar-refractivity contribution in [2.24, 2.45) is 5.92 Å². The first-order valence-corrected chi connectivity index (χ1v) is 8.18. The van der Waals surface area contributed by atoms with Gasteiger partial charge in [-0.05, 0) is 25.0 Å². The van der Waals surface area contributed by atoms with Gasteiger partial charge in [-0.3, -0.25) is 19.8 Å². The highest BCUT2D eigenvalue weighted by atomic mass is 16.5. The minimum Gasteiger partial charge on any atom is -0.324 e. The van der Waals surface area contributed by atoms with Crippen molar-refractivity contribution in [1.82, 2.24) is 10.5 Å². The number of fused-ring (bicyclic) bond motifs is 1. The number of rotatable bonds is 8. The van der Waals surface area contributed by atoms with Crippen LogP contribution in [0.4, 0.5) is 5.69 Å². The third-order valence-corrected chi connectivity index (χ3v) is 3.97. The number of benzene rings is 1. The lowest BCUT2D eigenvalue weighted by atomic mass is 10.0. The number of nitrogens with zero attached hydrogens (tertiary/aromatic N) is 1. The molecule has 24 heavy (non-hydrogen) atoms. The number of carbonyl (C=O) groups is 2. The van der Waals surface area contributed by atoms with Gasteiger partial charge in [0.25, 0.3) is 0 Å². The lowest BCUT2D eigenvalue weighted by molar-refractivity contribution is -0.129. The predicted molar refractivity (Wildman–Crippen MR) is 92.6 cm³/mol. The van der Waals surface area contributed by atoms with Crippen molar-refractivity contribution < 1.29 is 14.8 Å². The summed E-state index contributed by atoms with van der Waals surface area (Å²) in [5.74, 6) is -0.507. The number of hydrogen-bond acceptors (Lipinski definition) is 4. The maximum Gasteiger partial charge on any atom is 0.243 e. The summed E-state index contributed by atoms with van der Waals surface area (Å²) in [7, 11) is 0. The van der Waals surface area contributed by atoms with E-state index in [1.54, 1.807) is 11.7 Å². The molecule has 2 amide bonds. The minimum absolute atomic E-state index is 0.0276. The van der Waals surface area contributed by atoms with Gasteiger partial charge in [0.1, 0.15) is 0 Å². The maximum atomic E-state index is 12.2. The van der Waals surface area contributed by atoms with Gasteiger partial charge in [0, 0.05) is 17.7 Å². The van der Waals surface area contributed by atoms with Crippen LogP contribution in [-0.4, -0.2) is 22.0 Å². The SMILES string of the molecule is CC(CCCCCC(=O)NO)C(=O)Nc1cnc2ccccc2c1. The molecule has 1 unspecified atom stereocenters. The first-order valence-electron chi connectivity index (χ1n) is 8.18. The van der Waals surface area contributed by atoms with E-state index in [0.717, 1.165) is 30.2 Å². The first-order chi connectivity index (χ1) is 11.6.